The number of hydrogen-bond donors (Lipinski definition) is 7. The van der Waals surface area contributed by atoms with Crippen molar-refractivity contribution in [1.29, 1.82) is 0 Å². The second-order valence-electron chi connectivity index (χ2n) is 7.73. The van der Waals surface area contributed by atoms with E-state index in [1.54, 1.807) is 0 Å². The van der Waals surface area contributed by atoms with E-state index in [1.807, 2.05) is 0 Å². The van der Waals surface area contributed by atoms with Gasteiger partial charge in [-0.3, -0.25) is 4.79 Å². The van der Waals surface area contributed by atoms with Crippen molar-refractivity contribution in [2.75, 3.05) is 0 Å². The van der Waals surface area contributed by atoms with Crippen LogP contribution in [0.25, 0.3) is 0 Å². The fraction of sp³-hybridized carbons (Fsp3) is 0.381. The summed E-state index contributed by atoms with van der Waals surface area (Å²) in [5.74, 6) is -2.79. The summed E-state index contributed by atoms with van der Waals surface area (Å²) in [6.45, 7) is 1.44. The van der Waals surface area contributed by atoms with Crippen LogP contribution in [0.2, 0.25) is 0 Å². The molecule has 172 valence electrons. The smallest absolute Gasteiger partial charge is 0.203 e. The molecule has 0 amide bonds. The first-order valence-corrected chi connectivity index (χ1v) is 9.72. The van der Waals surface area contributed by atoms with Crippen molar-refractivity contribution < 1.29 is 54.8 Å². The Kier molecular flexibility index (Phi) is 5.61. The Balaban J connectivity index is 1.75. The van der Waals surface area contributed by atoms with Crippen molar-refractivity contribution in [3.05, 3.63) is 41.5 Å². The number of ether oxygens (including phenoxy) is 3. The highest BCUT2D eigenvalue weighted by molar-refractivity contribution is 6.05. The van der Waals surface area contributed by atoms with Gasteiger partial charge in [0.25, 0.3) is 0 Å². The van der Waals surface area contributed by atoms with Crippen LogP contribution in [0.5, 0.6) is 28.7 Å². The number of ketones is 1. The van der Waals surface area contributed by atoms with Crippen molar-refractivity contribution in [1.82, 2.24) is 0 Å². The molecule has 7 N–H and O–H groups in total. The molecule has 2 heterocycles. The Morgan fingerprint density at radius 2 is 1.59 bits per heavy atom. The van der Waals surface area contributed by atoms with Gasteiger partial charge in [0.15, 0.2) is 30.0 Å². The summed E-state index contributed by atoms with van der Waals surface area (Å²) in [6.07, 6.45) is -10.0. The molecule has 11 nitrogen and oxygen atoms in total. The number of carbonyl (C=O) groups is 1. The molecule has 0 spiro atoms. The van der Waals surface area contributed by atoms with Crippen LogP contribution in [-0.4, -0.2) is 78.3 Å². The molecule has 2 aromatic rings. The van der Waals surface area contributed by atoms with Crippen LogP contribution < -0.4 is 4.74 Å². The lowest BCUT2D eigenvalue weighted by Crippen LogP contribution is -2.59. The van der Waals surface area contributed by atoms with Gasteiger partial charge in [0.1, 0.15) is 41.1 Å². The lowest BCUT2D eigenvalue weighted by atomic mass is 9.92. The third-order valence-electron chi connectivity index (χ3n) is 5.52. The summed E-state index contributed by atoms with van der Waals surface area (Å²) in [6, 6.07) is 5.72. The Labute approximate surface area is 181 Å². The number of fused-ring (bicyclic) bond motifs is 1. The number of phenols is 4. The minimum absolute atomic E-state index is 0.154. The van der Waals surface area contributed by atoms with Crippen LogP contribution in [0.4, 0.5) is 0 Å². The third kappa shape index (κ3) is 3.70. The SMILES string of the molecule is CC1O[C@@H](OC2C(=O)c3c(O)cc(O)cc3OC2c2ccc(O)c(O)c2)[C@H](O)[C@H](O)[C@H]1O. The van der Waals surface area contributed by atoms with Gasteiger partial charge in [-0.2, -0.15) is 0 Å². The molecule has 32 heavy (non-hydrogen) atoms. The highest BCUT2D eigenvalue weighted by atomic mass is 16.7. The van der Waals surface area contributed by atoms with E-state index in [0.717, 1.165) is 18.2 Å². The quantitative estimate of drug-likeness (QED) is 0.313. The number of carbonyl (C=O) groups excluding carboxylic acids is 1. The van der Waals surface area contributed by atoms with Crippen molar-refractivity contribution in [3.63, 3.8) is 0 Å². The molecule has 0 radical (unpaired) electrons. The van der Waals surface area contributed by atoms with Crippen LogP contribution in [0, 0.1) is 0 Å². The van der Waals surface area contributed by atoms with E-state index in [9.17, 15) is 40.5 Å². The van der Waals surface area contributed by atoms with Gasteiger partial charge >= 0.3 is 0 Å². The van der Waals surface area contributed by atoms with E-state index in [2.05, 4.69) is 0 Å². The Morgan fingerprint density at radius 3 is 2.28 bits per heavy atom. The summed E-state index contributed by atoms with van der Waals surface area (Å²) in [5.41, 5.74) is -0.1000. The Morgan fingerprint density at radius 1 is 0.875 bits per heavy atom. The average molecular weight is 450 g/mol. The number of aliphatic hydroxyl groups excluding tert-OH is 3. The molecule has 2 aliphatic heterocycles. The number of aliphatic hydroxyl groups is 3. The van der Waals surface area contributed by atoms with E-state index in [4.69, 9.17) is 14.2 Å². The summed E-state index contributed by atoms with van der Waals surface area (Å²) >= 11 is 0. The summed E-state index contributed by atoms with van der Waals surface area (Å²) in [4.78, 5) is 13.3. The van der Waals surface area contributed by atoms with Crippen molar-refractivity contribution >= 4 is 5.78 Å². The molecule has 0 aromatic heterocycles. The average Bonchev–Trinajstić information content (AvgIpc) is 2.73. The molecule has 0 saturated carbocycles. The maximum atomic E-state index is 13.3. The van der Waals surface area contributed by atoms with Gasteiger partial charge < -0.3 is 50.0 Å². The van der Waals surface area contributed by atoms with Crippen LogP contribution in [0.15, 0.2) is 30.3 Å². The number of aromatic hydroxyl groups is 4. The number of phenolic OH excluding ortho intramolecular Hbond substituents is 4. The van der Waals surface area contributed by atoms with Gasteiger partial charge in [-0.1, -0.05) is 6.07 Å². The van der Waals surface area contributed by atoms with Crippen LogP contribution in [0.1, 0.15) is 28.9 Å². The molecular formula is C21H22O11. The topological polar surface area (TPSA) is 186 Å². The fourth-order valence-corrected chi connectivity index (χ4v) is 3.77. The Hall–Kier alpha value is -3.09. The van der Waals surface area contributed by atoms with Crippen molar-refractivity contribution in [3.8, 4) is 28.7 Å². The van der Waals surface area contributed by atoms with Crippen molar-refractivity contribution in [2.45, 2.75) is 49.8 Å². The lowest BCUT2D eigenvalue weighted by molar-refractivity contribution is -0.304. The first-order chi connectivity index (χ1) is 15.1. The molecule has 4 rings (SSSR count). The van der Waals surface area contributed by atoms with Crippen molar-refractivity contribution in [2.24, 2.45) is 0 Å². The maximum Gasteiger partial charge on any atom is 0.203 e. The largest absolute Gasteiger partial charge is 0.508 e. The third-order valence-corrected chi connectivity index (χ3v) is 5.52. The summed E-state index contributed by atoms with van der Waals surface area (Å²) in [5, 5.41) is 69.7. The number of hydrogen-bond acceptors (Lipinski definition) is 11. The highest BCUT2D eigenvalue weighted by Gasteiger charge is 2.48. The Bertz CT molecular complexity index is 1040. The van der Waals surface area contributed by atoms with Gasteiger partial charge in [-0.15, -0.1) is 0 Å². The van der Waals surface area contributed by atoms with E-state index in [0.29, 0.717) is 0 Å². The van der Waals surface area contributed by atoms with Crippen LogP contribution in [-0.2, 0) is 9.47 Å². The van der Waals surface area contributed by atoms with Crippen LogP contribution >= 0.6 is 0 Å². The van der Waals surface area contributed by atoms with Crippen LogP contribution in [0.3, 0.4) is 0 Å². The first kappa shape index (κ1) is 22.1. The van der Waals surface area contributed by atoms with E-state index < -0.39 is 65.9 Å². The molecule has 11 heteroatoms. The first-order valence-electron chi connectivity index (χ1n) is 9.72. The second kappa shape index (κ2) is 8.11. The zero-order valence-electron chi connectivity index (χ0n) is 16.7. The predicted octanol–water partition coefficient (Wildman–Crippen LogP) is 0.0381. The van der Waals surface area contributed by atoms with Gasteiger partial charge in [0.05, 0.1) is 6.10 Å². The molecule has 1 fully saturated rings. The predicted molar refractivity (Wildman–Crippen MR) is 104 cm³/mol. The fourth-order valence-electron chi connectivity index (χ4n) is 3.77. The zero-order chi connectivity index (χ0) is 23.3. The highest BCUT2D eigenvalue weighted by Crippen LogP contribution is 2.44. The van der Waals surface area contributed by atoms with E-state index in [1.165, 1.54) is 19.1 Å². The second-order valence-corrected chi connectivity index (χ2v) is 7.73. The van der Waals surface area contributed by atoms with Gasteiger partial charge in [-0.25, -0.2) is 0 Å². The molecule has 3 unspecified atom stereocenters. The van der Waals surface area contributed by atoms with E-state index >= 15 is 0 Å². The summed E-state index contributed by atoms with van der Waals surface area (Å²) in [7, 11) is 0. The molecule has 0 bridgehead atoms. The van der Waals surface area contributed by atoms with Gasteiger partial charge in [0, 0.05) is 12.1 Å². The minimum atomic E-state index is -1.71. The number of rotatable bonds is 3. The molecule has 0 aliphatic carbocycles. The number of benzene rings is 2. The standard InChI is InChI=1S/C21H22O11/c1-7-15(26)17(28)18(29)21(30-7)32-20-16(27)14-12(25)5-9(22)6-13(14)31-19(20)8-2-3-10(23)11(24)4-8/h2-7,15,17-26,28-29H,1H3/t7?,15-,17+,18+,19?,20?,21-/m0/s1. The zero-order valence-corrected chi connectivity index (χ0v) is 16.7. The maximum absolute atomic E-state index is 13.3. The van der Waals surface area contributed by atoms with Gasteiger partial charge in [-0.05, 0) is 24.6 Å². The molecule has 2 aliphatic rings. The number of Topliss-reactive ketones (excluding diaryl/α,β-unsaturated/α-hetero) is 1. The lowest BCUT2D eigenvalue weighted by Gasteiger charge is -2.42. The summed E-state index contributed by atoms with van der Waals surface area (Å²) < 4.78 is 16.9. The molecule has 1 saturated heterocycles. The monoisotopic (exact) mass is 450 g/mol. The normalized spacial score (nSPS) is 32.2. The minimum Gasteiger partial charge on any atom is -0.508 e. The molecular weight excluding hydrogens is 428 g/mol. The van der Waals surface area contributed by atoms with Gasteiger partial charge in [0.2, 0.25) is 5.78 Å². The molecule has 2 aromatic carbocycles. The van der Waals surface area contributed by atoms with E-state index in [-0.39, 0.29) is 22.6 Å². The molecule has 7 atom stereocenters.